The summed E-state index contributed by atoms with van der Waals surface area (Å²) < 4.78 is 10.9. The summed E-state index contributed by atoms with van der Waals surface area (Å²) in [5, 5.41) is 9.43. The first-order valence-electron chi connectivity index (χ1n) is 12.2. The van der Waals surface area contributed by atoms with Crippen LogP contribution in [0.2, 0.25) is 0 Å². The van der Waals surface area contributed by atoms with Crippen LogP contribution in [-0.4, -0.2) is 47.2 Å². The molecule has 38 heavy (non-hydrogen) atoms. The minimum atomic E-state index is -0.613. The van der Waals surface area contributed by atoms with E-state index in [2.05, 4.69) is 34.6 Å². The molecule has 1 N–H and O–H groups in total. The Kier molecular flexibility index (Phi) is 7.46. The zero-order valence-corrected chi connectivity index (χ0v) is 22.2. The summed E-state index contributed by atoms with van der Waals surface area (Å²) in [5.41, 5.74) is 4.71. The molecular weight excluding hydrogens is 500 g/mol. The Morgan fingerprint density at radius 3 is 2.47 bits per heavy atom. The number of anilines is 1. The van der Waals surface area contributed by atoms with Crippen molar-refractivity contribution in [1.29, 1.82) is 0 Å². The molecule has 2 amide bonds. The van der Waals surface area contributed by atoms with Crippen molar-refractivity contribution in [3.05, 3.63) is 89.5 Å². The molecule has 0 bridgehead atoms. The van der Waals surface area contributed by atoms with E-state index < -0.39 is 5.25 Å². The van der Waals surface area contributed by atoms with Gasteiger partial charge in [0.1, 0.15) is 5.25 Å². The number of benzene rings is 3. The molecule has 2 aliphatic rings. The first kappa shape index (κ1) is 25.5. The smallest absolute Gasteiger partial charge is 0.262 e. The Morgan fingerprint density at radius 2 is 1.76 bits per heavy atom. The molecule has 0 radical (unpaired) electrons. The summed E-state index contributed by atoms with van der Waals surface area (Å²) in [7, 11) is 3.20. The van der Waals surface area contributed by atoms with Gasteiger partial charge in [0.15, 0.2) is 16.7 Å². The van der Waals surface area contributed by atoms with E-state index in [4.69, 9.17) is 14.6 Å². The predicted molar refractivity (Wildman–Crippen MR) is 150 cm³/mol. The number of carbonyl (C=O) groups excluding carboxylic acids is 2. The lowest BCUT2D eigenvalue weighted by Crippen LogP contribution is -2.25. The molecule has 0 saturated carbocycles. The summed E-state index contributed by atoms with van der Waals surface area (Å²) in [6, 6.07) is 22.9. The molecule has 9 heteroatoms. The van der Waals surface area contributed by atoms with Gasteiger partial charge >= 0.3 is 0 Å². The Bertz CT molecular complexity index is 1410. The van der Waals surface area contributed by atoms with Crippen molar-refractivity contribution in [1.82, 2.24) is 5.01 Å². The fraction of sp³-hybridized carbons (Fsp3) is 0.241. The molecule has 5 rings (SSSR count). The molecule has 3 aromatic rings. The number of aliphatic imine (C=N–C) groups is 1. The van der Waals surface area contributed by atoms with Crippen LogP contribution < -0.4 is 14.8 Å². The minimum Gasteiger partial charge on any atom is -0.493 e. The van der Waals surface area contributed by atoms with E-state index in [1.165, 1.54) is 17.3 Å². The van der Waals surface area contributed by atoms with Crippen molar-refractivity contribution < 1.29 is 19.1 Å². The highest BCUT2D eigenvalue weighted by Gasteiger charge is 2.39. The lowest BCUT2D eigenvalue weighted by atomic mass is 9.98. The summed E-state index contributed by atoms with van der Waals surface area (Å²) in [4.78, 5) is 29.8. The van der Waals surface area contributed by atoms with E-state index in [1.807, 2.05) is 55.5 Å². The number of methoxy groups -OCH3 is 2. The molecule has 3 aromatic carbocycles. The zero-order valence-electron chi connectivity index (χ0n) is 21.4. The second-order valence-corrected chi connectivity index (χ2v) is 10.2. The van der Waals surface area contributed by atoms with E-state index in [9.17, 15) is 9.59 Å². The van der Waals surface area contributed by atoms with Crippen LogP contribution in [0.25, 0.3) is 0 Å². The van der Waals surface area contributed by atoms with Crippen LogP contribution in [-0.2, 0) is 9.59 Å². The van der Waals surface area contributed by atoms with Crippen molar-refractivity contribution in [3.8, 4) is 11.5 Å². The second-order valence-electron chi connectivity index (χ2n) is 9.05. The van der Waals surface area contributed by atoms with Gasteiger partial charge in [0.05, 0.1) is 26.0 Å². The average Bonchev–Trinajstić information content (AvgIpc) is 3.53. The molecule has 2 atom stereocenters. The van der Waals surface area contributed by atoms with Crippen LogP contribution in [0.4, 0.5) is 5.69 Å². The normalized spacial score (nSPS) is 18.7. The van der Waals surface area contributed by atoms with Crippen LogP contribution in [0.3, 0.4) is 0 Å². The fourth-order valence-electron chi connectivity index (χ4n) is 4.43. The van der Waals surface area contributed by atoms with Crippen molar-refractivity contribution in [2.24, 2.45) is 10.1 Å². The van der Waals surface area contributed by atoms with Crippen LogP contribution >= 0.6 is 11.8 Å². The lowest BCUT2D eigenvalue weighted by Gasteiger charge is -2.24. The Labute approximate surface area is 225 Å². The molecule has 0 unspecified atom stereocenters. The van der Waals surface area contributed by atoms with Gasteiger partial charge in [-0.05, 0) is 42.3 Å². The number of hydrazone groups is 1. The van der Waals surface area contributed by atoms with Crippen LogP contribution in [0, 0.1) is 6.92 Å². The largest absolute Gasteiger partial charge is 0.493 e. The zero-order chi connectivity index (χ0) is 26.6. The highest BCUT2D eigenvalue weighted by molar-refractivity contribution is 8.15. The monoisotopic (exact) mass is 528 g/mol. The molecule has 0 saturated heterocycles. The van der Waals surface area contributed by atoms with E-state index in [0.29, 0.717) is 28.8 Å². The average molecular weight is 529 g/mol. The molecule has 0 aliphatic carbocycles. The molecule has 2 aliphatic heterocycles. The number of hydrogen-bond donors (Lipinski definition) is 1. The molecule has 0 aromatic heterocycles. The number of para-hydroxylation sites is 1. The maximum Gasteiger partial charge on any atom is 0.262 e. The predicted octanol–water partition coefficient (Wildman–Crippen LogP) is 5.19. The SMILES string of the molecule is COc1ccc([C@H]2CC(c3ccc(C)cc3)=NN2C2=NC(=O)[C@@H](CC(=O)Nc3ccccc3)S2)cc1OC. The van der Waals surface area contributed by atoms with Gasteiger partial charge in [-0.3, -0.25) is 9.59 Å². The number of nitrogens with one attached hydrogen (secondary N) is 1. The number of ether oxygens (including phenoxy) is 2. The van der Waals surface area contributed by atoms with Gasteiger partial charge in [0.2, 0.25) is 5.91 Å². The summed E-state index contributed by atoms with van der Waals surface area (Å²) in [6.07, 6.45) is 0.639. The quantitative estimate of drug-likeness (QED) is 0.454. The van der Waals surface area contributed by atoms with Gasteiger partial charge < -0.3 is 14.8 Å². The Balaban J connectivity index is 1.40. The molecule has 8 nitrogen and oxygen atoms in total. The first-order valence-corrected chi connectivity index (χ1v) is 13.1. The third kappa shape index (κ3) is 5.43. The minimum absolute atomic E-state index is 0.0226. The molecular formula is C29H28N4O4S. The number of carbonyl (C=O) groups is 2. The Hall–Kier alpha value is -4.11. The van der Waals surface area contributed by atoms with Crippen LogP contribution in [0.5, 0.6) is 11.5 Å². The number of nitrogens with zero attached hydrogens (tertiary/aromatic N) is 3. The molecule has 0 fully saturated rings. The second kappa shape index (κ2) is 11.1. The fourth-order valence-corrected chi connectivity index (χ4v) is 5.49. The number of rotatable bonds is 7. The van der Waals surface area contributed by atoms with Gasteiger partial charge in [0.25, 0.3) is 5.91 Å². The summed E-state index contributed by atoms with van der Waals surface area (Å²) in [5.74, 6) is 0.674. The van der Waals surface area contributed by atoms with Crippen LogP contribution in [0.1, 0.15) is 35.6 Å². The molecule has 194 valence electrons. The van der Waals surface area contributed by atoms with E-state index in [-0.39, 0.29) is 24.3 Å². The van der Waals surface area contributed by atoms with Gasteiger partial charge in [-0.1, -0.05) is 65.9 Å². The first-order chi connectivity index (χ1) is 18.4. The molecule has 2 heterocycles. The van der Waals surface area contributed by atoms with E-state index in [0.717, 1.165) is 16.8 Å². The van der Waals surface area contributed by atoms with Crippen molar-refractivity contribution in [3.63, 3.8) is 0 Å². The number of aryl methyl sites for hydroxylation is 1. The van der Waals surface area contributed by atoms with E-state index in [1.54, 1.807) is 19.2 Å². The number of amides is 2. The highest BCUT2D eigenvalue weighted by atomic mass is 32.2. The third-order valence-corrected chi connectivity index (χ3v) is 7.58. The maximum atomic E-state index is 12.8. The highest BCUT2D eigenvalue weighted by Crippen LogP contribution is 2.41. The van der Waals surface area contributed by atoms with E-state index >= 15 is 0 Å². The summed E-state index contributed by atoms with van der Waals surface area (Å²) in [6.45, 7) is 2.04. The van der Waals surface area contributed by atoms with Crippen molar-refractivity contribution in [2.75, 3.05) is 19.5 Å². The van der Waals surface area contributed by atoms with Crippen molar-refractivity contribution >= 4 is 40.1 Å². The standard InChI is InChI=1S/C29H28N4O4S/c1-18-9-11-19(12-10-18)22-16-23(20-13-14-24(36-2)25(15-20)37-3)33(32-22)29-31-28(35)26(38-29)17-27(34)30-21-7-5-4-6-8-21/h4-15,23,26H,16-17H2,1-3H3,(H,30,34)/t23-,26-/m1/s1. The van der Waals surface area contributed by atoms with Gasteiger partial charge in [-0.15, -0.1) is 0 Å². The maximum absolute atomic E-state index is 12.8. The molecule has 0 spiro atoms. The van der Waals surface area contributed by atoms with Gasteiger partial charge in [0, 0.05) is 18.5 Å². The van der Waals surface area contributed by atoms with Gasteiger partial charge in [-0.2, -0.15) is 10.1 Å². The number of amidine groups is 1. The summed E-state index contributed by atoms with van der Waals surface area (Å²) >= 11 is 1.27. The third-order valence-electron chi connectivity index (χ3n) is 6.44. The lowest BCUT2D eigenvalue weighted by molar-refractivity contribution is -0.121. The van der Waals surface area contributed by atoms with Crippen molar-refractivity contribution in [2.45, 2.75) is 31.1 Å². The number of hydrogen-bond acceptors (Lipinski definition) is 7. The van der Waals surface area contributed by atoms with Crippen LogP contribution in [0.15, 0.2) is 82.9 Å². The Morgan fingerprint density at radius 1 is 1.03 bits per heavy atom. The van der Waals surface area contributed by atoms with Gasteiger partial charge in [-0.25, -0.2) is 5.01 Å². The topological polar surface area (TPSA) is 92.6 Å². The number of thioether (sulfide) groups is 1.